The van der Waals surface area contributed by atoms with Crippen LogP contribution in [0.1, 0.15) is 5.56 Å². The van der Waals surface area contributed by atoms with E-state index in [1.807, 2.05) is 13.0 Å². The second-order valence-corrected chi connectivity index (χ2v) is 6.55. The first-order chi connectivity index (χ1) is 12.4. The van der Waals surface area contributed by atoms with Crippen molar-refractivity contribution < 1.29 is 18.8 Å². The summed E-state index contributed by atoms with van der Waals surface area (Å²) >= 11 is 3.35. The van der Waals surface area contributed by atoms with Gasteiger partial charge >= 0.3 is 6.03 Å². The number of nitrogens with one attached hydrogen (secondary N) is 1. The molecule has 4 amide bonds. The maximum atomic E-state index is 13.1. The first-order valence-electron chi connectivity index (χ1n) is 7.61. The highest BCUT2D eigenvalue weighted by Crippen LogP contribution is 2.24. The molecule has 0 saturated carbocycles. The Morgan fingerprint density at radius 1 is 1.15 bits per heavy atom. The van der Waals surface area contributed by atoms with Gasteiger partial charge in [0, 0.05) is 10.7 Å². The van der Waals surface area contributed by atoms with Crippen molar-refractivity contribution in [3.63, 3.8) is 0 Å². The molecule has 26 heavy (non-hydrogen) atoms. The average Bonchev–Trinajstić information content (AvgIpc) is 2.57. The van der Waals surface area contributed by atoms with E-state index in [4.69, 9.17) is 0 Å². The highest BCUT2D eigenvalue weighted by Gasteiger charge is 2.40. The minimum atomic E-state index is -1.26. The molecule has 1 saturated heterocycles. The van der Waals surface area contributed by atoms with Crippen molar-refractivity contribution in [2.24, 2.45) is 10.9 Å². The minimum Gasteiger partial charge on any atom is -0.276 e. The van der Waals surface area contributed by atoms with E-state index < -0.39 is 29.6 Å². The van der Waals surface area contributed by atoms with Crippen molar-refractivity contribution >= 4 is 51.4 Å². The molecule has 2 aromatic carbocycles. The molecule has 1 heterocycles. The van der Waals surface area contributed by atoms with Gasteiger partial charge in [-0.05, 0) is 55.0 Å². The third-order valence-electron chi connectivity index (χ3n) is 3.81. The van der Waals surface area contributed by atoms with Gasteiger partial charge in [-0.15, -0.1) is 0 Å². The summed E-state index contributed by atoms with van der Waals surface area (Å²) in [5, 5.41) is 2.12. The van der Waals surface area contributed by atoms with Gasteiger partial charge in [-0.3, -0.25) is 19.9 Å². The van der Waals surface area contributed by atoms with Crippen LogP contribution >= 0.6 is 15.9 Å². The Labute approximate surface area is 156 Å². The number of barbiturate groups is 1. The molecular weight excluding hydrogens is 405 g/mol. The number of imide groups is 2. The van der Waals surface area contributed by atoms with Crippen LogP contribution in [0.5, 0.6) is 0 Å². The van der Waals surface area contributed by atoms with Crippen LogP contribution in [0.15, 0.2) is 51.9 Å². The van der Waals surface area contributed by atoms with E-state index in [1.165, 1.54) is 18.3 Å². The van der Waals surface area contributed by atoms with Crippen LogP contribution in [0.4, 0.5) is 20.6 Å². The van der Waals surface area contributed by atoms with Gasteiger partial charge in [0.15, 0.2) is 5.92 Å². The van der Waals surface area contributed by atoms with Crippen LogP contribution < -0.4 is 10.2 Å². The molecule has 1 atom stereocenters. The first kappa shape index (κ1) is 17.9. The van der Waals surface area contributed by atoms with Gasteiger partial charge in [0.2, 0.25) is 5.91 Å². The SMILES string of the molecule is Cc1cc(Br)ccc1N=CC1C(=O)NC(=O)N(c2ccc(F)cc2)C1=O. The number of carbonyl (C=O) groups excluding carboxylic acids is 3. The van der Waals surface area contributed by atoms with Crippen LogP contribution in [-0.2, 0) is 9.59 Å². The Hall–Kier alpha value is -2.87. The lowest BCUT2D eigenvalue weighted by Gasteiger charge is -2.28. The Bertz CT molecular complexity index is 928. The third-order valence-corrected chi connectivity index (χ3v) is 4.30. The lowest BCUT2D eigenvalue weighted by atomic mass is 10.1. The van der Waals surface area contributed by atoms with Crippen LogP contribution in [0.2, 0.25) is 0 Å². The van der Waals surface area contributed by atoms with Crippen LogP contribution in [0.25, 0.3) is 0 Å². The molecular formula is C18H13BrFN3O3. The van der Waals surface area contributed by atoms with Gasteiger partial charge in [0.1, 0.15) is 5.82 Å². The number of anilines is 1. The number of amides is 4. The van der Waals surface area contributed by atoms with E-state index in [1.54, 1.807) is 12.1 Å². The number of benzene rings is 2. The summed E-state index contributed by atoms with van der Waals surface area (Å²) in [4.78, 5) is 41.8. The van der Waals surface area contributed by atoms with Gasteiger partial charge < -0.3 is 0 Å². The smallest absolute Gasteiger partial charge is 0.276 e. The number of aryl methyl sites for hydroxylation is 1. The zero-order valence-corrected chi connectivity index (χ0v) is 15.2. The number of hydrogen-bond donors (Lipinski definition) is 1. The maximum absolute atomic E-state index is 13.1. The second-order valence-electron chi connectivity index (χ2n) is 5.63. The Morgan fingerprint density at radius 2 is 1.85 bits per heavy atom. The summed E-state index contributed by atoms with van der Waals surface area (Å²) < 4.78 is 14.0. The molecule has 8 heteroatoms. The van der Waals surface area contributed by atoms with Crippen LogP contribution in [0, 0.1) is 18.7 Å². The topological polar surface area (TPSA) is 78.8 Å². The molecule has 1 fully saturated rings. The fraction of sp³-hybridized carbons (Fsp3) is 0.111. The Balaban J connectivity index is 1.90. The van der Waals surface area contributed by atoms with E-state index >= 15 is 0 Å². The Kier molecular flexibility index (Phi) is 4.94. The molecule has 132 valence electrons. The van der Waals surface area contributed by atoms with E-state index in [-0.39, 0.29) is 5.69 Å². The number of aliphatic imine (C=N–C) groups is 1. The van der Waals surface area contributed by atoms with Gasteiger partial charge in [-0.2, -0.15) is 0 Å². The molecule has 6 nitrogen and oxygen atoms in total. The van der Waals surface area contributed by atoms with Crippen molar-refractivity contribution in [2.75, 3.05) is 4.90 Å². The number of carbonyl (C=O) groups is 3. The number of nitrogens with zero attached hydrogens (tertiary/aromatic N) is 2. The summed E-state index contributed by atoms with van der Waals surface area (Å²) in [7, 11) is 0. The number of rotatable bonds is 3. The largest absolute Gasteiger partial charge is 0.335 e. The molecule has 1 N–H and O–H groups in total. The van der Waals surface area contributed by atoms with Crippen molar-refractivity contribution in [3.05, 3.63) is 58.3 Å². The zero-order valence-electron chi connectivity index (χ0n) is 13.6. The minimum absolute atomic E-state index is 0.166. The molecule has 0 aromatic heterocycles. The monoisotopic (exact) mass is 417 g/mol. The predicted molar refractivity (Wildman–Crippen MR) is 97.9 cm³/mol. The second kappa shape index (κ2) is 7.17. The molecule has 1 unspecified atom stereocenters. The molecule has 0 radical (unpaired) electrons. The molecule has 1 aliphatic rings. The van der Waals surface area contributed by atoms with Crippen molar-refractivity contribution in [3.8, 4) is 0 Å². The average molecular weight is 418 g/mol. The van der Waals surface area contributed by atoms with E-state index in [0.717, 1.165) is 27.1 Å². The summed E-state index contributed by atoms with van der Waals surface area (Å²) in [5.41, 5.74) is 1.62. The molecule has 0 spiro atoms. The van der Waals surface area contributed by atoms with Crippen LogP contribution in [0.3, 0.4) is 0 Å². The first-order valence-corrected chi connectivity index (χ1v) is 8.41. The van der Waals surface area contributed by atoms with E-state index in [0.29, 0.717) is 5.69 Å². The fourth-order valence-electron chi connectivity index (χ4n) is 2.48. The number of hydrogen-bond acceptors (Lipinski definition) is 4. The van der Waals surface area contributed by atoms with E-state index in [2.05, 4.69) is 26.2 Å². The lowest BCUT2D eigenvalue weighted by Crippen LogP contribution is -2.58. The van der Waals surface area contributed by atoms with Crippen molar-refractivity contribution in [1.82, 2.24) is 5.32 Å². The normalized spacial score (nSPS) is 17.7. The van der Waals surface area contributed by atoms with Gasteiger partial charge in [-0.25, -0.2) is 14.1 Å². The van der Waals surface area contributed by atoms with Gasteiger partial charge in [0.05, 0.1) is 11.4 Å². The van der Waals surface area contributed by atoms with Crippen LogP contribution in [-0.4, -0.2) is 24.1 Å². The number of halogens is 2. The third kappa shape index (κ3) is 3.55. The zero-order chi connectivity index (χ0) is 18.8. The molecule has 3 rings (SSSR count). The standard InChI is InChI=1S/C18H13BrFN3O3/c1-10-8-11(19)2-7-15(10)21-9-14-16(24)22-18(26)23(17(14)25)13-5-3-12(20)4-6-13/h2-9,14H,1H3,(H,22,24,26). The summed E-state index contributed by atoms with van der Waals surface area (Å²) in [5.74, 6) is -3.26. The molecule has 2 aromatic rings. The quantitative estimate of drug-likeness (QED) is 0.612. The summed E-state index contributed by atoms with van der Waals surface area (Å²) in [6.45, 7) is 1.84. The number of urea groups is 1. The fourth-order valence-corrected chi connectivity index (χ4v) is 2.95. The molecule has 0 aliphatic carbocycles. The van der Waals surface area contributed by atoms with Crippen molar-refractivity contribution in [2.45, 2.75) is 6.92 Å². The lowest BCUT2D eigenvalue weighted by molar-refractivity contribution is -0.131. The summed E-state index contributed by atoms with van der Waals surface area (Å²) in [6, 6.07) is 9.33. The highest BCUT2D eigenvalue weighted by molar-refractivity contribution is 9.10. The van der Waals surface area contributed by atoms with Gasteiger partial charge in [0.25, 0.3) is 5.91 Å². The molecule has 0 bridgehead atoms. The maximum Gasteiger partial charge on any atom is 0.335 e. The van der Waals surface area contributed by atoms with Gasteiger partial charge in [-0.1, -0.05) is 15.9 Å². The Morgan fingerprint density at radius 3 is 2.50 bits per heavy atom. The summed E-state index contributed by atoms with van der Waals surface area (Å²) in [6.07, 6.45) is 1.21. The molecule has 1 aliphatic heterocycles. The van der Waals surface area contributed by atoms with Crippen molar-refractivity contribution in [1.29, 1.82) is 0 Å². The highest BCUT2D eigenvalue weighted by atomic mass is 79.9. The van der Waals surface area contributed by atoms with E-state index in [9.17, 15) is 18.8 Å². The predicted octanol–water partition coefficient (Wildman–Crippen LogP) is 3.50.